The summed E-state index contributed by atoms with van der Waals surface area (Å²) in [4.78, 5) is 22.8. The van der Waals surface area contributed by atoms with E-state index in [1.54, 1.807) is 30.5 Å². The van der Waals surface area contributed by atoms with Gasteiger partial charge in [-0.2, -0.15) is 18.3 Å². The molecule has 0 aliphatic carbocycles. The summed E-state index contributed by atoms with van der Waals surface area (Å²) in [6.45, 7) is 1.98. The van der Waals surface area contributed by atoms with Crippen molar-refractivity contribution in [3.8, 4) is 11.3 Å². The van der Waals surface area contributed by atoms with Crippen LogP contribution in [-0.2, 0) is 22.9 Å². The molecule has 2 unspecified atom stereocenters. The Labute approximate surface area is 205 Å². The average molecular weight is 502 g/mol. The average Bonchev–Trinajstić information content (AvgIpc) is 3.56. The standard InChI is InChI=1S/C24H26F3N7O2/c1-36-13-19(15-3-2-6-29-11-15)31-22(35)33-7-4-23(14-33)5-8-34-20(23)10-18(32-34)16-9-17(24(25,26)27)21(28)30-12-16/h2-3,6,9-12,19H,4-5,7-8,13-14H2,1H3,(H2,28,30)(H,31,35). The van der Waals surface area contributed by atoms with E-state index >= 15 is 0 Å². The van der Waals surface area contributed by atoms with Crippen molar-refractivity contribution < 1.29 is 22.7 Å². The van der Waals surface area contributed by atoms with Crippen LogP contribution < -0.4 is 11.1 Å². The largest absolute Gasteiger partial charge is 0.419 e. The molecule has 3 aromatic rings. The predicted molar refractivity (Wildman–Crippen MR) is 125 cm³/mol. The van der Waals surface area contributed by atoms with Gasteiger partial charge < -0.3 is 20.7 Å². The lowest BCUT2D eigenvalue weighted by Crippen LogP contribution is -2.43. The number of pyridine rings is 2. The summed E-state index contributed by atoms with van der Waals surface area (Å²) in [5, 5.41) is 7.58. The molecule has 2 atom stereocenters. The number of aryl methyl sites for hydroxylation is 1. The van der Waals surface area contributed by atoms with Crippen LogP contribution >= 0.6 is 0 Å². The van der Waals surface area contributed by atoms with Crippen molar-refractivity contribution in [1.29, 1.82) is 0 Å². The lowest BCUT2D eigenvalue weighted by molar-refractivity contribution is -0.137. The first kappa shape index (κ1) is 24.0. The minimum absolute atomic E-state index is 0.200. The highest BCUT2D eigenvalue weighted by Crippen LogP contribution is 2.44. The number of likely N-dealkylation sites (tertiary alicyclic amines) is 1. The number of amides is 2. The van der Waals surface area contributed by atoms with Gasteiger partial charge in [-0.25, -0.2) is 9.78 Å². The summed E-state index contributed by atoms with van der Waals surface area (Å²) in [5.74, 6) is -0.565. The third kappa shape index (κ3) is 4.36. The molecule has 0 bridgehead atoms. The normalized spacial score (nSPS) is 20.1. The van der Waals surface area contributed by atoms with Gasteiger partial charge in [0.05, 0.1) is 23.9 Å². The zero-order valence-electron chi connectivity index (χ0n) is 19.6. The maximum atomic E-state index is 13.3. The molecule has 0 radical (unpaired) electrons. The number of urea groups is 1. The first-order valence-corrected chi connectivity index (χ1v) is 11.6. The highest BCUT2D eigenvalue weighted by molar-refractivity contribution is 5.75. The summed E-state index contributed by atoms with van der Waals surface area (Å²) < 4.78 is 47.0. The zero-order valence-corrected chi connectivity index (χ0v) is 19.6. The fourth-order valence-corrected chi connectivity index (χ4v) is 5.11. The molecule has 0 saturated carbocycles. The van der Waals surface area contributed by atoms with Crippen molar-refractivity contribution in [2.24, 2.45) is 0 Å². The maximum absolute atomic E-state index is 13.3. The molecule has 1 saturated heterocycles. The highest BCUT2D eigenvalue weighted by Gasteiger charge is 2.47. The van der Waals surface area contributed by atoms with Crippen LogP contribution in [-0.4, -0.2) is 57.5 Å². The first-order chi connectivity index (χ1) is 17.2. The molecule has 9 nitrogen and oxygen atoms in total. The maximum Gasteiger partial charge on any atom is 0.419 e. The number of rotatable bonds is 5. The van der Waals surface area contributed by atoms with Gasteiger partial charge in [0.15, 0.2) is 0 Å². The van der Waals surface area contributed by atoms with Gasteiger partial charge in [0.25, 0.3) is 0 Å². The minimum atomic E-state index is -4.60. The van der Waals surface area contributed by atoms with Crippen LogP contribution in [0.4, 0.5) is 23.8 Å². The molecule has 3 N–H and O–H groups in total. The van der Waals surface area contributed by atoms with Crippen molar-refractivity contribution in [1.82, 2.24) is 30.0 Å². The fourth-order valence-electron chi connectivity index (χ4n) is 5.11. The number of nitrogens with two attached hydrogens (primary N) is 1. The van der Waals surface area contributed by atoms with E-state index < -0.39 is 17.6 Å². The van der Waals surface area contributed by atoms with Gasteiger partial charge in [0.1, 0.15) is 5.82 Å². The van der Waals surface area contributed by atoms with Gasteiger partial charge in [-0.3, -0.25) is 9.67 Å². The van der Waals surface area contributed by atoms with E-state index in [0.29, 0.717) is 31.9 Å². The van der Waals surface area contributed by atoms with Crippen LogP contribution in [0.3, 0.4) is 0 Å². The number of halogens is 3. The van der Waals surface area contributed by atoms with Gasteiger partial charge in [-0.05, 0) is 36.6 Å². The lowest BCUT2D eigenvalue weighted by Gasteiger charge is -2.26. The Hall–Kier alpha value is -3.67. The van der Waals surface area contributed by atoms with Crippen LogP contribution in [0.2, 0.25) is 0 Å². The summed E-state index contributed by atoms with van der Waals surface area (Å²) in [7, 11) is 1.58. The Morgan fingerprint density at radius 3 is 2.81 bits per heavy atom. The van der Waals surface area contributed by atoms with E-state index in [-0.39, 0.29) is 23.1 Å². The number of aromatic nitrogens is 4. The van der Waals surface area contributed by atoms with E-state index in [2.05, 4.69) is 20.4 Å². The Kier molecular flexibility index (Phi) is 6.07. The number of hydrogen-bond donors (Lipinski definition) is 2. The molecule has 1 spiro atoms. The molecule has 2 aliphatic heterocycles. The van der Waals surface area contributed by atoms with Crippen molar-refractivity contribution >= 4 is 11.8 Å². The number of nitrogens with one attached hydrogen (secondary N) is 1. The number of alkyl halides is 3. The van der Waals surface area contributed by atoms with Crippen molar-refractivity contribution in [3.05, 3.63) is 59.7 Å². The smallest absolute Gasteiger partial charge is 0.383 e. The molecule has 2 aliphatic rings. The molecule has 12 heteroatoms. The van der Waals surface area contributed by atoms with Crippen LogP contribution in [0.1, 0.15) is 35.7 Å². The number of nitrogen functional groups attached to an aromatic ring is 1. The topological polar surface area (TPSA) is 111 Å². The van der Waals surface area contributed by atoms with Gasteiger partial charge in [-0.15, -0.1) is 0 Å². The van der Waals surface area contributed by atoms with E-state index in [0.717, 1.165) is 30.2 Å². The van der Waals surface area contributed by atoms with Crippen LogP contribution in [0.5, 0.6) is 0 Å². The van der Waals surface area contributed by atoms with Gasteiger partial charge in [0, 0.05) is 62.0 Å². The van der Waals surface area contributed by atoms with E-state index in [1.165, 1.54) is 6.20 Å². The van der Waals surface area contributed by atoms with Crippen LogP contribution in [0.25, 0.3) is 11.3 Å². The molecule has 1 fully saturated rings. The van der Waals surface area contributed by atoms with E-state index in [1.807, 2.05) is 16.8 Å². The molecular formula is C24H26F3N7O2. The van der Waals surface area contributed by atoms with Crippen LogP contribution in [0, 0.1) is 0 Å². The molecule has 190 valence electrons. The van der Waals surface area contributed by atoms with Crippen molar-refractivity contribution in [3.63, 3.8) is 0 Å². The predicted octanol–water partition coefficient (Wildman–Crippen LogP) is 3.39. The first-order valence-electron chi connectivity index (χ1n) is 11.6. The summed E-state index contributed by atoms with van der Waals surface area (Å²) in [6, 6.07) is 5.94. The number of ether oxygens (including phenoxy) is 1. The Morgan fingerprint density at radius 1 is 1.28 bits per heavy atom. The zero-order chi connectivity index (χ0) is 25.5. The molecule has 0 aromatic carbocycles. The van der Waals surface area contributed by atoms with Crippen molar-refractivity contribution in [2.45, 2.75) is 37.0 Å². The second-order valence-electron chi connectivity index (χ2n) is 9.24. The van der Waals surface area contributed by atoms with Gasteiger partial charge in [-0.1, -0.05) is 6.07 Å². The number of carbonyl (C=O) groups excluding carboxylic acids is 1. The number of anilines is 1. The van der Waals surface area contributed by atoms with Crippen molar-refractivity contribution in [2.75, 3.05) is 32.5 Å². The molecule has 5 rings (SSSR count). The third-order valence-electron chi connectivity index (χ3n) is 7.00. The fraction of sp³-hybridized carbons (Fsp3) is 0.417. The molecule has 3 aromatic heterocycles. The van der Waals surface area contributed by atoms with Gasteiger partial charge in [0.2, 0.25) is 0 Å². The Balaban J connectivity index is 1.34. The monoisotopic (exact) mass is 501 g/mol. The quantitative estimate of drug-likeness (QED) is 0.555. The second kappa shape index (κ2) is 9.08. The van der Waals surface area contributed by atoms with E-state index in [9.17, 15) is 18.0 Å². The lowest BCUT2D eigenvalue weighted by atomic mass is 9.82. The van der Waals surface area contributed by atoms with Gasteiger partial charge >= 0.3 is 12.2 Å². The van der Waals surface area contributed by atoms with Crippen LogP contribution in [0.15, 0.2) is 42.9 Å². The third-order valence-corrected chi connectivity index (χ3v) is 7.00. The number of fused-ring (bicyclic) bond motifs is 2. The Bertz CT molecular complexity index is 1260. The summed E-state index contributed by atoms with van der Waals surface area (Å²) >= 11 is 0. The number of nitrogens with zero attached hydrogens (tertiary/aromatic N) is 5. The highest BCUT2D eigenvalue weighted by atomic mass is 19.4. The number of hydrogen-bond acceptors (Lipinski definition) is 6. The summed E-state index contributed by atoms with van der Waals surface area (Å²) in [6.07, 6.45) is 1.60. The molecule has 2 amide bonds. The second-order valence-corrected chi connectivity index (χ2v) is 9.24. The summed E-state index contributed by atoms with van der Waals surface area (Å²) in [5.41, 5.74) is 6.58. The SMILES string of the molecule is COCC(NC(=O)N1CCC2(CCn3nc(-c4cnc(N)c(C(F)(F)F)c4)cc32)C1)c1cccnc1. The number of methoxy groups -OCH3 is 1. The molecular weight excluding hydrogens is 475 g/mol. The number of carbonyl (C=O) groups is 1. The molecule has 36 heavy (non-hydrogen) atoms. The molecule has 5 heterocycles. The minimum Gasteiger partial charge on any atom is -0.383 e. The Morgan fingerprint density at radius 2 is 2.08 bits per heavy atom. The van der Waals surface area contributed by atoms with E-state index in [4.69, 9.17) is 10.5 Å².